The van der Waals surface area contributed by atoms with Crippen LogP contribution in [0.4, 0.5) is 0 Å². The molecule has 0 aromatic heterocycles. The highest BCUT2D eigenvalue weighted by Crippen LogP contribution is 2.24. The maximum atomic E-state index is 12.5. The Morgan fingerprint density at radius 2 is 1.57 bits per heavy atom. The Hall–Kier alpha value is -2.62. The Balaban J connectivity index is 2.37. The van der Waals surface area contributed by atoms with Crippen LogP contribution in [0.5, 0.6) is 0 Å². The standard InChI is InChI=1S/C19H21NO3/c1-19(2,3)20-17(21)16-8-6-5-7-15(16)13-9-11-14(12-10-13)18(22)23-4/h5-12H,1-4H3,(H,20,21). The fraction of sp³-hybridized carbons (Fsp3) is 0.263. The summed E-state index contributed by atoms with van der Waals surface area (Å²) in [5, 5.41) is 2.97. The number of ether oxygens (including phenoxy) is 1. The lowest BCUT2D eigenvalue weighted by atomic mass is 9.97. The molecule has 0 saturated carbocycles. The van der Waals surface area contributed by atoms with Crippen molar-refractivity contribution in [2.24, 2.45) is 0 Å². The lowest BCUT2D eigenvalue weighted by Gasteiger charge is -2.21. The third kappa shape index (κ3) is 4.19. The van der Waals surface area contributed by atoms with Crippen molar-refractivity contribution in [1.82, 2.24) is 5.32 Å². The Morgan fingerprint density at radius 1 is 0.957 bits per heavy atom. The minimum atomic E-state index is -0.379. The predicted octanol–water partition coefficient (Wildman–Crippen LogP) is 3.67. The second-order valence-electron chi connectivity index (χ2n) is 6.32. The van der Waals surface area contributed by atoms with Crippen molar-refractivity contribution in [2.45, 2.75) is 26.3 Å². The molecule has 2 aromatic carbocycles. The zero-order valence-electron chi connectivity index (χ0n) is 13.8. The maximum Gasteiger partial charge on any atom is 0.337 e. The number of benzene rings is 2. The van der Waals surface area contributed by atoms with Crippen LogP contribution >= 0.6 is 0 Å². The van der Waals surface area contributed by atoms with Gasteiger partial charge in [0.2, 0.25) is 0 Å². The van der Waals surface area contributed by atoms with Crippen LogP contribution in [-0.2, 0) is 4.74 Å². The molecule has 1 amide bonds. The van der Waals surface area contributed by atoms with Crippen molar-refractivity contribution in [3.8, 4) is 11.1 Å². The first-order valence-corrected chi connectivity index (χ1v) is 7.42. The lowest BCUT2D eigenvalue weighted by Crippen LogP contribution is -2.40. The molecule has 120 valence electrons. The summed E-state index contributed by atoms with van der Waals surface area (Å²) in [6.45, 7) is 5.83. The Morgan fingerprint density at radius 3 is 2.13 bits per heavy atom. The summed E-state index contributed by atoms with van der Waals surface area (Å²) >= 11 is 0. The molecule has 0 bridgehead atoms. The molecular formula is C19H21NO3. The van der Waals surface area contributed by atoms with Crippen LogP contribution in [0.2, 0.25) is 0 Å². The second-order valence-corrected chi connectivity index (χ2v) is 6.32. The van der Waals surface area contributed by atoms with Crippen molar-refractivity contribution < 1.29 is 14.3 Å². The van der Waals surface area contributed by atoms with E-state index in [2.05, 4.69) is 5.32 Å². The van der Waals surface area contributed by atoms with Crippen LogP contribution in [0.15, 0.2) is 48.5 Å². The van der Waals surface area contributed by atoms with Gasteiger partial charge in [0.1, 0.15) is 0 Å². The van der Waals surface area contributed by atoms with E-state index in [0.717, 1.165) is 11.1 Å². The summed E-state index contributed by atoms with van der Waals surface area (Å²) in [5.74, 6) is -0.500. The van der Waals surface area contributed by atoms with Gasteiger partial charge in [0, 0.05) is 11.1 Å². The first-order valence-electron chi connectivity index (χ1n) is 7.42. The number of carbonyl (C=O) groups excluding carboxylic acids is 2. The first-order chi connectivity index (χ1) is 10.8. The van der Waals surface area contributed by atoms with Gasteiger partial charge >= 0.3 is 5.97 Å². The highest BCUT2D eigenvalue weighted by Gasteiger charge is 2.18. The van der Waals surface area contributed by atoms with E-state index in [1.807, 2.05) is 51.1 Å². The zero-order chi connectivity index (χ0) is 17.0. The van der Waals surface area contributed by atoms with Gasteiger partial charge < -0.3 is 10.1 Å². The van der Waals surface area contributed by atoms with Crippen LogP contribution in [0.3, 0.4) is 0 Å². The topological polar surface area (TPSA) is 55.4 Å². The average Bonchev–Trinajstić information content (AvgIpc) is 2.52. The molecule has 0 unspecified atom stereocenters. The van der Waals surface area contributed by atoms with Crippen molar-refractivity contribution in [3.05, 3.63) is 59.7 Å². The molecule has 4 nitrogen and oxygen atoms in total. The molecule has 2 rings (SSSR count). The van der Waals surface area contributed by atoms with E-state index < -0.39 is 0 Å². The van der Waals surface area contributed by atoms with Crippen LogP contribution in [-0.4, -0.2) is 24.5 Å². The molecule has 0 spiro atoms. The Bertz CT molecular complexity index is 712. The lowest BCUT2D eigenvalue weighted by molar-refractivity contribution is 0.0600. The molecule has 0 fully saturated rings. The highest BCUT2D eigenvalue weighted by molar-refractivity contribution is 6.01. The fourth-order valence-corrected chi connectivity index (χ4v) is 2.24. The third-order valence-electron chi connectivity index (χ3n) is 3.28. The number of esters is 1. The number of carbonyl (C=O) groups is 2. The van der Waals surface area contributed by atoms with Gasteiger partial charge in [-0.15, -0.1) is 0 Å². The molecule has 23 heavy (non-hydrogen) atoms. The molecule has 0 aliphatic carbocycles. The summed E-state index contributed by atoms with van der Waals surface area (Å²) < 4.78 is 4.70. The van der Waals surface area contributed by atoms with Crippen molar-refractivity contribution >= 4 is 11.9 Å². The summed E-state index contributed by atoms with van der Waals surface area (Å²) in [7, 11) is 1.35. The normalized spacial score (nSPS) is 11.0. The monoisotopic (exact) mass is 311 g/mol. The number of amides is 1. The zero-order valence-corrected chi connectivity index (χ0v) is 13.8. The predicted molar refractivity (Wildman–Crippen MR) is 90.4 cm³/mol. The number of methoxy groups -OCH3 is 1. The molecular weight excluding hydrogens is 290 g/mol. The molecule has 0 aliphatic heterocycles. The molecule has 4 heteroatoms. The highest BCUT2D eigenvalue weighted by atomic mass is 16.5. The van der Waals surface area contributed by atoms with Crippen molar-refractivity contribution in [3.63, 3.8) is 0 Å². The van der Waals surface area contributed by atoms with E-state index in [1.54, 1.807) is 18.2 Å². The molecule has 1 N–H and O–H groups in total. The van der Waals surface area contributed by atoms with Crippen LogP contribution in [0.1, 0.15) is 41.5 Å². The van der Waals surface area contributed by atoms with Gasteiger partial charge in [0.25, 0.3) is 5.91 Å². The minimum absolute atomic E-state index is 0.120. The first kappa shape index (κ1) is 16.7. The van der Waals surface area contributed by atoms with Crippen molar-refractivity contribution in [1.29, 1.82) is 0 Å². The van der Waals surface area contributed by atoms with Gasteiger partial charge in [0.05, 0.1) is 12.7 Å². The van der Waals surface area contributed by atoms with Crippen molar-refractivity contribution in [2.75, 3.05) is 7.11 Å². The summed E-state index contributed by atoms with van der Waals surface area (Å²) in [6.07, 6.45) is 0. The van der Waals surface area contributed by atoms with Gasteiger partial charge in [-0.25, -0.2) is 4.79 Å². The molecule has 0 radical (unpaired) electrons. The van der Waals surface area contributed by atoms with Gasteiger partial charge in [-0.2, -0.15) is 0 Å². The van der Waals surface area contributed by atoms with E-state index in [9.17, 15) is 9.59 Å². The third-order valence-corrected chi connectivity index (χ3v) is 3.28. The molecule has 0 saturated heterocycles. The maximum absolute atomic E-state index is 12.5. The van der Waals surface area contributed by atoms with E-state index >= 15 is 0 Å². The Labute approximate surface area is 136 Å². The van der Waals surface area contributed by atoms with Gasteiger partial charge in [-0.1, -0.05) is 30.3 Å². The van der Waals surface area contributed by atoms with E-state index in [1.165, 1.54) is 7.11 Å². The summed E-state index contributed by atoms with van der Waals surface area (Å²) in [6, 6.07) is 14.4. The number of hydrogen-bond donors (Lipinski definition) is 1. The molecule has 0 atom stereocenters. The fourth-order valence-electron chi connectivity index (χ4n) is 2.24. The molecule has 0 aliphatic rings. The molecule has 0 heterocycles. The largest absolute Gasteiger partial charge is 0.465 e. The summed E-state index contributed by atoms with van der Waals surface area (Å²) in [4.78, 5) is 24.0. The SMILES string of the molecule is COC(=O)c1ccc(-c2ccccc2C(=O)NC(C)(C)C)cc1. The van der Waals surface area contributed by atoms with E-state index in [4.69, 9.17) is 4.74 Å². The smallest absolute Gasteiger partial charge is 0.337 e. The van der Waals surface area contributed by atoms with Gasteiger partial charge in [-0.05, 0) is 50.1 Å². The van der Waals surface area contributed by atoms with E-state index in [-0.39, 0.29) is 17.4 Å². The quantitative estimate of drug-likeness (QED) is 0.880. The van der Waals surface area contributed by atoms with Gasteiger partial charge in [0.15, 0.2) is 0 Å². The summed E-state index contributed by atoms with van der Waals surface area (Å²) in [5.41, 5.74) is 2.47. The minimum Gasteiger partial charge on any atom is -0.465 e. The van der Waals surface area contributed by atoms with Gasteiger partial charge in [-0.3, -0.25) is 4.79 Å². The molecule has 2 aromatic rings. The van der Waals surface area contributed by atoms with Crippen LogP contribution in [0, 0.1) is 0 Å². The van der Waals surface area contributed by atoms with E-state index in [0.29, 0.717) is 11.1 Å². The average molecular weight is 311 g/mol. The van der Waals surface area contributed by atoms with Crippen LogP contribution < -0.4 is 5.32 Å². The number of hydrogen-bond acceptors (Lipinski definition) is 3. The Kier molecular flexibility index (Phi) is 4.84. The number of nitrogens with one attached hydrogen (secondary N) is 1. The van der Waals surface area contributed by atoms with Crippen LogP contribution in [0.25, 0.3) is 11.1 Å². The number of rotatable bonds is 3. The second kappa shape index (κ2) is 6.65.